The van der Waals surface area contributed by atoms with Crippen molar-refractivity contribution < 1.29 is 23.9 Å². The standard InChI is InChI=1S/C28H42O5/c1-4-5-6-7-8-9-16-32-26(31)33-20-12-14-27(2)19(17-20)18-23(29)25-21-10-11-24(30)28(21,3)15-13-22(25)27/h18,20-22,25H,4-17H2,1-3H3/t20-,21-,22-,25-,27-,28-/m0/s1. The number of fused-ring (bicyclic) bond motifs is 5. The Morgan fingerprint density at radius 1 is 0.970 bits per heavy atom. The van der Waals surface area contributed by atoms with E-state index in [9.17, 15) is 14.4 Å². The second-order valence-corrected chi connectivity index (χ2v) is 11.5. The van der Waals surface area contributed by atoms with Crippen LogP contribution in [0.25, 0.3) is 0 Å². The van der Waals surface area contributed by atoms with Crippen molar-refractivity contribution in [2.75, 3.05) is 6.61 Å². The van der Waals surface area contributed by atoms with Crippen LogP contribution in [0.5, 0.6) is 0 Å². The molecule has 4 aliphatic rings. The quantitative estimate of drug-likeness (QED) is 0.303. The SMILES string of the molecule is CCCCCCCCOC(=O)O[C@H]1CC[C@@]2(C)C(=CC(=O)[C@@H]3[C@@H]2CC[C@]2(C)C(=O)CC[C@@H]32)C1. The number of carbonyl (C=O) groups excluding carboxylic acids is 3. The number of hydrogen-bond donors (Lipinski definition) is 0. The largest absolute Gasteiger partial charge is 0.508 e. The zero-order valence-electron chi connectivity index (χ0n) is 20.8. The third kappa shape index (κ3) is 4.66. The Morgan fingerprint density at radius 3 is 2.45 bits per heavy atom. The second-order valence-electron chi connectivity index (χ2n) is 11.5. The number of ketones is 2. The number of hydrogen-bond acceptors (Lipinski definition) is 5. The first kappa shape index (κ1) is 24.5. The van der Waals surface area contributed by atoms with Crippen molar-refractivity contribution in [3.63, 3.8) is 0 Å². The van der Waals surface area contributed by atoms with Gasteiger partial charge in [0.05, 0.1) is 6.61 Å². The Bertz CT molecular complexity index is 800. The van der Waals surface area contributed by atoms with E-state index in [-0.39, 0.29) is 34.6 Å². The molecule has 5 nitrogen and oxygen atoms in total. The van der Waals surface area contributed by atoms with Crippen LogP contribution in [0.15, 0.2) is 11.6 Å². The molecule has 0 aromatic carbocycles. The molecule has 0 heterocycles. The molecule has 0 aromatic heterocycles. The molecule has 3 fully saturated rings. The molecule has 4 rings (SSSR count). The predicted molar refractivity (Wildman–Crippen MR) is 127 cm³/mol. The van der Waals surface area contributed by atoms with E-state index < -0.39 is 6.16 Å². The van der Waals surface area contributed by atoms with E-state index in [4.69, 9.17) is 9.47 Å². The summed E-state index contributed by atoms with van der Waals surface area (Å²) in [5.74, 6) is 1.02. The van der Waals surface area contributed by atoms with Gasteiger partial charge in [0.25, 0.3) is 0 Å². The lowest BCUT2D eigenvalue weighted by Crippen LogP contribution is -2.53. The smallest absolute Gasteiger partial charge is 0.434 e. The summed E-state index contributed by atoms with van der Waals surface area (Å²) < 4.78 is 11.0. The minimum Gasteiger partial charge on any atom is -0.434 e. The molecule has 184 valence electrons. The fourth-order valence-corrected chi connectivity index (χ4v) is 7.45. The van der Waals surface area contributed by atoms with Crippen molar-refractivity contribution in [3.8, 4) is 0 Å². The lowest BCUT2D eigenvalue weighted by molar-refractivity contribution is -0.139. The summed E-state index contributed by atoms with van der Waals surface area (Å²) in [5.41, 5.74) is 0.800. The molecule has 0 unspecified atom stereocenters. The molecule has 0 spiro atoms. The first-order valence-electron chi connectivity index (χ1n) is 13.4. The third-order valence-corrected chi connectivity index (χ3v) is 9.59. The zero-order chi connectivity index (χ0) is 23.6. The maximum atomic E-state index is 13.3. The van der Waals surface area contributed by atoms with E-state index in [0.29, 0.717) is 31.1 Å². The molecule has 0 saturated heterocycles. The molecule has 0 radical (unpaired) electrons. The van der Waals surface area contributed by atoms with Crippen molar-refractivity contribution in [2.24, 2.45) is 28.6 Å². The minimum absolute atomic E-state index is 0.0243. The van der Waals surface area contributed by atoms with Crippen LogP contribution in [0.4, 0.5) is 4.79 Å². The maximum Gasteiger partial charge on any atom is 0.508 e. The van der Waals surface area contributed by atoms with Gasteiger partial charge in [-0.3, -0.25) is 9.59 Å². The Morgan fingerprint density at radius 2 is 1.67 bits per heavy atom. The zero-order valence-corrected chi connectivity index (χ0v) is 20.8. The van der Waals surface area contributed by atoms with Gasteiger partial charge in [0, 0.05) is 24.2 Å². The third-order valence-electron chi connectivity index (χ3n) is 9.59. The number of ether oxygens (including phenoxy) is 2. The van der Waals surface area contributed by atoms with E-state index in [1.807, 2.05) is 6.08 Å². The van der Waals surface area contributed by atoms with E-state index in [1.165, 1.54) is 25.7 Å². The van der Waals surface area contributed by atoms with Crippen LogP contribution in [-0.4, -0.2) is 30.4 Å². The van der Waals surface area contributed by atoms with Crippen LogP contribution in [0.2, 0.25) is 0 Å². The molecule has 0 bridgehead atoms. The normalized spacial score (nSPS) is 37.6. The Labute approximate surface area is 199 Å². The molecule has 4 aliphatic carbocycles. The highest BCUT2D eigenvalue weighted by atomic mass is 16.7. The summed E-state index contributed by atoms with van der Waals surface area (Å²) in [5, 5.41) is 0. The number of rotatable bonds is 8. The number of carbonyl (C=O) groups is 3. The lowest BCUT2D eigenvalue weighted by atomic mass is 9.48. The molecule has 3 saturated carbocycles. The molecule has 0 aliphatic heterocycles. The highest BCUT2D eigenvalue weighted by molar-refractivity contribution is 5.96. The first-order valence-corrected chi connectivity index (χ1v) is 13.4. The fraction of sp³-hybridized carbons (Fsp3) is 0.821. The minimum atomic E-state index is -0.573. The van der Waals surface area contributed by atoms with Crippen LogP contribution >= 0.6 is 0 Å². The fourth-order valence-electron chi connectivity index (χ4n) is 7.45. The van der Waals surface area contributed by atoms with Crippen molar-refractivity contribution >= 4 is 17.7 Å². The van der Waals surface area contributed by atoms with Crippen LogP contribution in [-0.2, 0) is 19.1 Å². The van der Waals surface area contributed by atoms with Gasteiger partial charge in [-0.15, -0.1) is 0 Å². The van der Waals surface area contributed by atoms with Gasteiger partial charge in [-0.05, 0) is 61.9 Å². The monoisotopic (exact) mass is 458 g/mol. The topological polar surface area (TPSA) is 69.7 Å². The van der Waals surface area contributed by atoms with Gasteiger partial charge < -0.3 is 9.47 Å². The highest BCUT2D eigenvalue weighted by Gasteiger charge is 2.61. The van der Waals surface area contributed by atoms with Gasteiger partial charge in [-0.1, -0.05) is 58.4 Å². The molecular formula is C28H42O5. The molecule has 0 aromatic rings. The summed E-state index contributed by atoms with van der Waals surface area (Å²) in [6, 6.07) is 0. The van der Waals surface area contributed by atoms with Gasteiger partial charge in [-0.25, -0.2) is 4.79 Å². The molecule has 33 heavy (non-hydrogen) atoms. The predicted octanol–water partition coefficient (Wildman–Crippen LogP) is 6.58. The average Bonchev–Trinajstić information content (AvgIpc) is 3.09. The lowest BCUT2D eigenvalue weighted by Gasteiger charge is -2.55. The summed E-state index contributed by atoms with van der Waals surface area (Å²) in [6.07, 6.45) is 13.6. The van der Waals surface area contributed by atoms with Crippen LogP contribution < -0.4 is 0 Å². The summed E-state index contributed by atoms with van der Waals surface area (Å²) in [4.78, 5) is 38.1. The average molecular weight is 459 g/mol. The first-order chi connectivity index (χ1) is 15.8. The van der Waals surface area contributed by atoms with Crippen molar-refractivity contribution in [2.45, 2.75) is 110 Å². The van der Waals surface area contributed by atoms with Gasteiger partial charge in [0.1, 0.15) is 11.9 Å². The molecule has 0 N–H and O–H groups in total. The van der Waals surface area contributed by atoms with E-state index in [2.05, 4.69) is 20.8 Å². The van der Waals surface area contributed by atoms with Crippen molar-refractivity contribution in [1.82, 2.24) is 0 Å². The molecule has 0 amide bonds. The Hall–Kier alpha value is -1.65. The number of allylic oxidation sites excluding steroid dienone is 1. The second kappa shape index (κ2) is 9.92. The van der Waals surface area contributed by atoms with Crippen LogP contribution in [0.3, 0.4) is 0 Å². The molecular weight excluding hydrogens is 416 g/mol. The number of unbranched alkanes of at least 4 members (excludes halogenated alkanes) is 5. The van der Waals surface area contributed by atoms with Gasteiger partial charge in [0.2, 0.25) is 0 Å². The Kier molecular flexibility index (Phi) is 7.35. The molecule has 6 atom stereocenters. The summed E-state index contributed by atoms with van der Waals surface area (Å²) >= 11 is 0. The van der Waals surface area contributed by atoms with Crippen LogP contribution in [0, 0.1) is 28.6 Å². The summed E-state index contributed by atoms with van der Waals surface area (Å²) in [7, 11) is 0. The van der Waals surface area contributed by atoms with E-state index in [0.717, 1.165) is 50.5 Å². The number of Topliss-reactive ketones (excluding diaryl/α,β-unsaturated/α-hetero) is 1. The summed E-state index contributed by atoms with van der Waals surface area (Å²) in [6.45, 7) is 7.02. The maximum absolute atomic E-state index is 13.3. The van der Waals surface area contributed by atoms with E-state index in [1.54, 1.807) is 0 Å². The van der Waals surface area contributed by atoms with E-state index >= 15 is 0 Å². The van der Waals surface area contributed by atoms with Crippen molar-refractivity contribution in [3.05, 3.63) is 11.6 Å². The highest BCUT2D eigenvalue weighted by Crippen LogP contribution is 2.63. The Balaban J connectivity index is 1.32. The van der Waals surface area contributed by atoms with Gasteiger partial charge in [0.15, 0.2) is 5.78 Å². The van der Waals surface area contributed by atoms with Gasteiger partial charge in [-0.2, -0.15) is 0 Å². The van der Waals surface area contributed by atoms with Crippen LogP contribution in [0.1, 0.15) is 104 Å². The van der Waals surface area contributed by atoms with Crippen molar-refractivity contribution in [1.29, 1.82) is 0 Å². The molecule has 5 heteroatoms. The van der Waals surface area contributed by atoms with Gasteiger partial charge >= 0.3 is 6.16 Å².